The Labute approximate surface area is 116 Å². The number of aromatic nitrogens is 2. The summed E-state index contributed by atoms with van der Waals surface area (Å²) in [5, 5.41) is 12.2. The third-order valence-corrected chi connectivity index (χ3v) is 4.61. The fourth-order valence-corrected chi connectivity index (χ4v) is 3.24. The van der Waals surface area contributed by atoms with E-state index in [4.69, 9.17) is 0 Å². The highest BCUT2D eigenvalue weighted by Gasteiger charge is 2.31. The van der Waals surface area contributed by atoms with E-state index < -0.39 is 11.5 Å². The first-order valence-corrected chi connectivity index (χ1v) is 7.65. The summed E-state index contributed by atoms with van der Waals surface area (Å²) in [6, 6.07) is 0. The molecule has 0 aliphatic carbocycles. The molecule has 0 spiro atoms. The zero-order valence-electron chi connectivity index (χ0n) is 10.9. The molecule has 1 aromatic rings. The molecule has 1 aromatic heterocycles. The van der Waals surface area contributed by atoms with Crippen LogP contribution < -0.4 is 5.32 Å². The van der Waals surface area contributed by atoms with Crippen molar-refractivity contribution in [1.82, 2.24) is 14.7 Å². The van der Waals surface area contributed by atoms with Gasteiger partial charge in [-0.2, -0.15) is 4.37 Å². The van der Waals surface area contributed by atoms with Crippen molar-refractivity contribution in [1.29, 1.82) is 0 Å². The molecular weight excluding hydrogens is 270 g/mol. The minimum Gasteiger partial charge on any atom is -0.480 e. The van der Waals surface area contributed by atoms with Crippen LogP contribution in [0.15, 0.2) is 4.34 Å². The molecule has 0 amide bonds. The molecule has 1 atom stereocenters. The van der Waals surface area contributed by atoms with Crippen LogP contribution in [0.2, 0.25) is 0 Å². The number of hydrogen-bond donors (Lipinski definition) is 2. The van der Waals surface area contributed by atoms with Crippen molar-refractivity contribution in [3.8, 4) is 0 Å². The van der Waals surface area contributed by atoms with Gasteiger partial charge in [0.05, 0.1) is 0 Å². The summed E-state index contributed by atoms with van der Waals surface area (Å²) in [7, 11) is 0. The molecule has 0 aromatic carbocycles. The molecule has 18 heavy (non-hydrogen) atoms. The van der Waals surface area contributed by atoms with Crippen LogP contribution in [0.1, 0.15) is 32.5 Å². The van der Waals surface area contributed by atoms with Gasteiger partial charge in [0.25, 0.3) is 0 Å². The molecule has 1 unspecified atom stereocenters. The van der Waals surface area contributed by atoms with Crippen LogP contribution in [0, 0.1) is 6.92 Å². The van der Waals surface area contributed by atoms with Crippen LogP contribution in [0.25, 0.3) is 0 Å². The van der Waals surface area contributed by atoms with Crippen molar-refractivity contribution in [3.63, 3.8) is 0 Å². The summed E-state index contributed by atoms with van der Waals surface area (Å²) >= 11 is 3.03. The maximum Gasteiger partial charge on any atom is 0.323 e. The van der Waals surface area contributed by atoms with E-state index in [1.165, 1.54) is 11.5 Å². The first-order valence-electron chi connectivity index (χ1n) is 5.89. The molecular formula is C11H19N3O2S2. The lowest BCUT2D eigenvalue weighted by Gasteiger charge is -2.25. The maximum absolute atomic E-state index is 11.2. The summed E-state index contributed by atoms with van der Waals surface area (Å²) in [5.74, 6) is 0.870. The lowest BCUT2D eigenvalue weighted by molar-refractivity contribution is -0.144. The number of aliphatic carboxylic acids is 1. The van der Waals surface area contributed by atoms with Gasteiger partial charge in [-0.1, -0.05) is 18.7 Å². The molecule has 102 valence electrons. The fraction of sp³-hybridized carbons (Fsp3) is 0.727. The molecule has 7 heteroatoms. The average Bonchev–Trinajstić information content (AvgIpc) is 2.71. The number of carboxylic acid groups (broad SMARTS) is 1. The van der Waals surface area contributed by atoms with E-state index >= 15 is 0 Å². The van der Waals surface area contributed by atoms with Crippen molar-refractivity contribution in [2.24, 2.45) is 0 Å². The number of thioether (sulfide) groups is 1. The Morgan fingerprint density at radius 1 is 1.61 bits per heavy atom. The zero-order valence-corrected chi connectivity index (χ0v) is 12.5. The summed E-state index contributed by atoms with van der Waals surface area (Å²) in [6.07, 6.45) is 1.44. The molecule has 0 aliphatic rings. The lowest BCUT2D eigenvalue weighted by Crippen LogP contribution is -2.49. The number of hydrogen-bond acceptors (Lipinski definition) is 6. The smallest absolute Gasteiger partial charge is 0.323 e. The second-order valence-electron chi connectivity index (χ2n) is 4.23. The van der Waals surface area contributed by atoms with Crippen LogP contribution in [0.3, 0.4) is 0 Å². The van der Waals surface area contributed by atoms with Crippen molar-refractivity contribution in [2.75, 3.05) is 12.3 Å². The SMILES string of the molecule is CCNC(C)(CCCSc1nc(C)ns1)C(=O)O. The Kier molecular flexibility index (Phi) is 6.04. The van der Waals surface area contributed by atoms with Crippen molar-refractivity contribution in [2.45, 2.75) is 43.5 Å². The summed E-state index contributed by atoms with van der Waals surface area (Å²) < 4.78 is 5.06. The normalized spacial score (nSPS) is 14.4. The third kappa shape index (κ3) is 4.55. The minimum absolute atomic E-state index is 0.612. The lowest BCUT2D eigenvalue weighted by atomic mass is 9.96. The van der Waals surface area contributed by atoms with E-state index in [0.717, 1.165) is 22.3 Å². The highest BCUT2D eigenvalue weighted by Crippen LogP contribution is 2.23. The summed E-state index contributed by atoms with van der Waals surface area (Å²) in [4.78, 5) is 15.4. The molecule has 0 fully saturated rings. The number of carbonyl (C=O) groups is 1. The quantitative estimate of drug-likeness (QED) is 0.564. The van der Waals surface area contributed by atoms with E-state index in [0.29, 0.717) is 13.0 Å². The van der Waals surface area contributed by atoms with Crippen LogP contribution in [0.4, 0.5) is 0 Å². The monoisotopic (exact) mass is 289 g/mol. The van der Waals surface area contributed by atoms with Crippen molar-refractivity contribution in [3.05, 3.63) is 5.82 Å². The molecule has 5 nitrogen and oxygen atoms in total. The van der Waals surface area contributed by atoms with E-state index in [-0.39, 0.29) is 0 Å². The van der Waals surface area contributed by atoms with Crippen LogP contribution >= 0.6 is 23.3 Å². The van der Waals surface area contributed by atoms with Gasteiger partial charge in [-0.05, 0) is 44.8 Å². The third-order valence-electron chi connectivity index (χ3n) is 2.59. The molecule has 0 aliphatic heterocycles. The fourth-order valence-electron chi connectivity index (χ4n) is 1.58. The molecule has 0 bridgehead atoms. The largest absolute Gasteiger partial charge is 0.480 e. The first-order chi connectivity index (χ1) is 8.48. The van der Waals surface area contributed by atoms with Gasteiger partial charge in [0.15, 0.2) is 4.34 Å². The predicted molar refractivity (Wildman–Crippen MR) is 74.3 cm³/mol. The Morgan fingerprint density at radius 3 is 2.83 bits per heavy atom. The zero-order chi connectivity index (χ0) is 13.6. The van der Waals surface area contributed by atoms with Crippen LogP contribution in [0.5, 0.6) is 0 Å². The standard InChI is InChI=1S/C11H19N3O2S2/c1-4-12-11(3,9(15)16)6-5-7-17-10-13-8(2)14-18-10/h12H,4-7H2,1-3H3,(H,15,16). The average molecular weight is 289 g/mol. The van der Waals surface area contributed by atoms with Gasteiger partial charge in [-0.25, -0.2) is 4.98 Å². The van der Waals surface area contributed by atoms with Crippen LogP contribution in [-0.4, -0.2) is 38.3 Å². The second-order valence-corrected chi connectivity index (χ2v) is 6.32. The summed E-state index contributed by atoms with van der Waals surface area (Å²) in [6.45, 7) is 6.18. The number of nitrogens with one attached hydrogen (secondary N) is 1. The molecule has 0 saturated heterocycles. The van der Waals surface area contributed by atoms with E-state index in [2.05, 4.69) is 14.7 Å². The molecule has 2 N–H and O–H groups in total. The van der Waals surface area contributed by atoms with Gasteiger partial charge in [0, 0.05) is 5.75 Å². The van der Waals surface area contributed by atoms with Crippen molar-refractivity contribution < 1.29 is 9.90 Å². The number of rotatable bonds is 8. The van der Waals surface area contributed by atoms with Gasteiger partial charge in [0.2, 0.25) is 0 Å². The minimum atomic E-state index is -0.827. The molecule has 0 saturated carbocycles. The Hall–Kier alpha value is -0.660. The first kappa shape index (κ1) is 15.4. The molecule has 1 heterocycles. The maximum atomic E-state index is 11.2. The second kappa shape index (κ2) is 7.06. The van der Waals surface area contributed by atoms with E-state index in [1.54, 1.807) is 18.7 Å². The van der Waals surface area contributed by atoms with Crippen molar-refractivity contribution >= 4 is 29.3 Å². The number of aryl methyl sites for hydroxylation is 1. The highest BCUT2D eigenvalue weighted by molar-refractivity contribution is 8.00. The molecule has 1 rings (SSSR count). The van der Waals surface area contributed by atoms with Gasteiger partial charge >= 0.3 is 5.97 Å². The predicted octanol–water partition coefficient (Wildman–Crippen LogP) is 2.17. The summed E-state index contributed by atoms with van der Waals surface area (Å²) in [5.41, 5.74) is -0.827. The van der Waals surface area contributed by atoms with Gasteiger partial charge in [-0.3, -0.25) is 4.79 Å². The van der Waals surface area contributed by atoms with Crippen LogP contribution in [-0.2, 0) is 4.79 Å². The highest BCUT2D eigenvalue weighted by atomic mass is 32.2. The van der Waals surface area contributed by atoms with Gasteiger partial charge in [0.1, 0.15) is 11.4 Å². The number of carboxylic acids is 1. The Balaban J connectivity index is 2.33. The topological polar surface area (TPSA) is 75.1 Å². The Bertz CT molecular complexity index is 397. The number of likely N-dealkylation sites (N-methyl/N-ethyl adjacent to an activating group) is 1. The molecule has 0 radical (unpaired) electrons. The Morgan fingerprint density at radius 2 is 2.33 bits per heavy atom. The number of nitrogens with zero attached hydrogens (tertiary/aromatic N) is 2. The van der Waals surface area contributed by atoms with Gasteiger partial charge in [-0.15, -0.1) is 0 Å². The van der Waals surface area contributed by atoms with Gasteiger partial charge < -0.3 is 10.4 Å². The van der Waals surface area contributed by atoms with E-state index in [1.807, 2.05) is 13.8 Å². The van der Waals surface area contributed by atoms with E-state index in [9.17, 15) is 9.90 Å².